The number of aromatic nitrogens is 4. The van der Waals surface area contributed by atoms with Crippen molar-refractivity contribution < 1.29 is 27.5 Å². The minimum absolute atomic E-state index is 0.0330. The van der Waals surface area contributed by atoms with E-state index < -0.39 is 29.5 Å². The summed E-state index contributed by atoms with van der Waals surface area (Å²) in [5, 5.41) is 9.18. The van der Waals surface area contributed by atoms with E-state index in [2.05, 4.69) is 37.5 Å². The highest BCUT2D eigenvalue weighted by atomic mass is 19.4. The number of fused-ring (bicyclic) bond motifs is 1. The zero-order valence-electron chi connectivity index (χ0n) is 24.9. The summed E-state index contributed by atoms with van der Waals surface area (Å²) in [7, 11) is 0. The van der Waals surface area contributed by atoms with Crippen LogP contribution in [0.2, 0.25) is 0 Å². The molecule has 3 aromatic heterocycles. The fourth-order valence-corrected chi connectivity index (χ4v) is 4.62. The molecule has 5 rings (SSSR count). The number of urea groups is 1. The monoisotopic (exact) mass is 620 g/mol. The zero-order valence-corrected chi connectivity index (χ0v) is 24.9. The fourth-order valence-electron chi connectivity index (χ4n) is 4.62. The first kappa shape index (κ1) is 31.3. The first-order valence-electron chi connectivity index (χ1n) is 14.1. The second-order valence-corrected chi connectivity index (χ2v) is 11.3. The van der Waals surface area contributed by atoms with E-state index in [4.69, 9.17) is 4.74 Å². The molecule has 1 aliphatic rings. The molecule has 0 aliphatic carbocycles. The summed E-state index contributed by atoms with van der Waals surface area (Å²) in [5.74, 6) is 6.10. The molecule has 4 heterocycles. The molecular formula is C31H31F3N8O3. The average molecular weight is 621 g/mol. The number of alkyl halides is 3. The second-order valence-electron chi connectivity index (χ2n) is 11.3. The lowest BCUT2D eigenvalue weighted by molar-refractivity contribution is -0.138. The Bertz CT molecular complexity index is 1760. The van der Waals surface area contributed by atoms with Crippen LogP contribution in [0.25, 0.3) is 5.65 Å². The lowest BCUT2D eigenvalue weighted by atomic mass is 10.0. The Morgan fingerprint density at radius 3 is 2.47 bits per heavy atom. The Kier molecular flexibility index (Phi) is 8.92. The van der Waals surface area contributed by atoms with Gasteiger partial charge in [0.1, 0.15) is 17.1 Å². The number of hydrogen-bond acceptors (Lipinski definition) is 7. The van der Waals surface area contributed by atoms with Gasteiger partial charge in [-0.1, -0.05) is 12.0 Å². The number of ether oxygens (including phenoxy) is 1. The smallest absolute Gasteiger partial charge is 0.416 e. The third-order valence-electron chi connectivity index (χ3n) is 6.71. The largest absolute Gasteiger partial charge is 0.444 e. The van der Waals surface area contributed by atoms with Crippen LogP contribution in [0, 0.1) is 11.8 Å². The van der Waals surface area contributed by atoms with Crippen LogP contribution >= 0.6 is 0 Å². The van der Waals surface area contributed by atoms with Crippen molar-refractivity contribution in [2.75, 3.05) is 36.8 Å². The summed E-state index contributed by atoms with van der Waals surface area (Å²) in [6.45, 7) is 6.83. The Morgan fingerprint density at radius 2 is 1.73 bits per heavy atom. The molecule has 14 heteroatoms. The number of imidazole rings is 1. The number of nitrogens with zero attached hydrogens (tertiary/aromatic N) is 6. The van der Waals surface area contributed by atoms with Gasteiger partial charge in [-0.2, -0.15) is 18.3 Å². The van der Waals surface area contributed by atoms with Crippen molar-refractivity contribution in [3.63, 3.8) is 0 Å². The summed E-state index contributed by atoms with van der Waals surface area (Å²) in [6, 6.07) is 9.66. The highest BCUT2D eigenvalue weighted by molar-refractivity contribution is 5.99. The number of hydrogen-bond donors (Lipinski definition) is 2. The molecule has 0 atom stereocenters. The molecule has 3 amide bonds. The maximum atomic E-state index is 14.0. The van der Waals surface area contributed by atoms with E-state index in [1.807, 2.05) is 4.90 Å². The van der Waals surface area contributed by atoms with Crippen molar-refractivity contribution in [3.8, 4) is 11.8 Å². The zero-order chi connectivity index (χ0) is 32.2. The molecule has 45 heavy (non-hydrogen) atoms. The summed E-state index contributed by atoms with van der Waals surface area (Å²) in [5.41, 5.74) is 0.307. The van der Waals surface area contributed by atoms with Crippen molar-refractivity contribution in [2.24, 2.45) is 0 Å². The highest BCUT2D eigenvalue weighted by Gasteiger charge is 2.35. The summed E-state index contributed by atoms with van der Waals surface area (Å²) < 4.78 is 49.1. The summed E-state index contributed by atoms with van der Waals surface area (Å²) in [6.07, 6.45) is -0.420. The van der Waals surface area contributed by atoms with Gasteiger partial charge in [0.05, 0.1) is 11.8 Å². The Hall–Kier alpha value is -5.16. The topological polar surface area (TPSA) is 117 Å². The number of amides is 3. The predicted octanol–water partition coefficient (Wildman–Crippen LogP) is 5.24. The number of carbonyl (C=O) groups excluding carboxylic acids is 2. The van der Waals surface area contributed by atoms with Gasteiger partial charge in [0.15, 0.2) is 5.65 Å². The number of anilines is 2. The molecule has 1 aliphatic heterocycles. The van der Waals surface area contributed by atoms with Gasteiger partial charge in [-0.15, -0.1) is 0 Å². The molecule has 2 N–H and O–H groups in total. The molecule has 0 unspecified atom stereocenters. The summed E-state index contributed by atoms with van der Waals surface area (Å²) >= 11 is 0. The summed E-state index contributed by atoms with van der Waals surface area (Å²) in [4.78, 5) is 36.7. The number of pyridine rings is 1. The van der Waals surface area contributed by atoms with Crippen molar-refractivity contribution in [1.29, 1.82) is 0 Å². The number of carbonyl (C=O) groups is 2. The standard InChI is InChI=1S/C31H31F3N8O3/c1-30(2,3)45-29(44)41-15-13-40(14-16-41)20-22-7-8-23(18-25(22)31(32,33)34)38-28(43)39-26-17-21(10-12-35-26)6-9-24-19-36-27-5-4-11-37-42(24)27/h4-5,7-8,10-12,17-19H,13-16,20H2,1-3H3,(H2,35,38,39,43). The molecule has 0 bridgehead atoms. The lowest BCUT2D eigenvalue weighted by Crippen LogP contribution is -2.49. The van der Waals surface area contributed by atoms with Crippen molar-refractivity contribution in [2.45, 2.75) is 39.1 Å². The Labute approximate surface area is 257 Å². The number of rotatable bonds is 4. The van der Waals surface area contributed by atoms with Crippen LogP contribution in [0.1, 0.15) is 43.2 Å². The molecule has 234 valence electrons. The lowest BCUT2D eigenvalue weighted by Gasteiger charge is -2.36. The SMILES string of the molecule is CC(C)(C)OC(=O)N1CCN(Cc2ccc(NC(=O)Nc3cc(C#Cc4cnc5cccnn45)ccn3)cc2C(F)(F)F)CC1. The van der Waals surface area contributed by atoms with E-state index in [0.29, 0.717) is 43.1 Å². The molecule has 4 aromatic rings. The second kappa shape index (κ2) is 12.8. The van der Waals surface area contributed by atoms with Crippen LogP contribution in [0.5, 0.6) is 0 Å². The Morgan fingerprint density at radius 1 is 0.956 bits per heavy atom. The number of halogens is 3. The van der Waals surface area contributed by atoms with Crippen LogP contribution in [0.4, 0.5) is 34.3 Å². The van der Waals surface area contributed by atoms with Gasteiger partial charge in [0.2, 0.25) is 0 Å². The molecule has 0 spiro atoms. The van der Waals surface area contributed by atoms with Crippen LogP contribution < -0.4 is 10.6 Å². The van der Waals surface area contributed by atoms with Crippen LogP contribution in [0.3, 0.4) is 0 Å². The van der Waals surface area contributed by atoms with E-state index in [1.54, 1.807) is 60.8 Å². The maximum Gasteiger partial charge on any atom is 0.416 e. The minimum Gasteiger partial charge on any atom is -0.444 e. The predicted molar refractivity (Wildman–Crippen MR) is 160 cm³/mol. The third-order valence-corrected chi connectivity index (χ3v) is 6.71. The molecule has 1 aromatic carbocycles. The quantitative estimate of drug-likeness (QED) is 0.300. The van der Waals surface area contributed by atoms with E-state index in [1.165, 1.54) is 24.4 Å². The van der Waals surface area contributed by atoms with Gasteiger partial charge in [-0.3, -0.25) is 10.2 Å². The van der Waals surface area contributed by atoms with Crippen LogP contribution in [-0.2, 0) is 17.5 Å². The van der Waals surface area contributed by atoms with Gasteiger partial charge in [-0.25, -0.2) is 24.1 Å². The number of piperazine rings is 1. The van der Waals surface area contributed by atoms with Gasteiger partial charge in [0.25, 0.3) is 0 Å². The van der Waals surface area contributed by atoms with Crippen molar-refractivity contribution >= 4 is 29.3 Å². The molecule has 11 nitrogen and oxygen atoms in total. The number of benzene rings is 1. The molecular weight excluding hydrogens is 589 g/mol. The van der Waals surface area contributed by atoms with Crippen molar-refractivity contribution in [3.05, 3.63) is 83.4 Å². The van der Waals surface area contributed by atoms with Crippen LogP contribution in [-0.4, -0.2) is 73.3 Å². The fraction of sp³-hybridized carbons (Fsp3) is 0.323. The Balaban J connectivity index is 1.21. The average Bonchev–Trinajstić information content (AvgIpc) is 3.39. The van der Waals surface area contributed by atoms with E-state index in [9.17, 15) is 22.8 Å². The molecule has 0 saturated carbocycles. The van der Waals surface area contributed by atoms with E-state index in [0.717, 1.165) is 6.07 Å². The van der Waals surface area contributed by atoms with Gasteiger partial charge in [-0.05, 0) is 68.7 Å². The minimum atomic E-state index is -4.65. The first-order chi connectivity index (χ1) is 21.3. The normalized spacial score (nSPS) is 14.0. The van der Waals surface area contributed by atoms with Gasteiger partial charge >= 0.3 is 18.3 Å². The highest BCUT2D eigenvalue weighted by Crippen LogP contribution is 2.34. The van der Waals surface area contributed by atoms with Gasteiger partial charge < -0.3 is 15.0 Å². The van der Waals surface area contributed by atoms with E-state index in [-0.39, 0.29) is 23.6 Å². The van der Waals surface area contributed by atoms with Crippen LogP contribution in [0.15, 0.2) is 61.1 Å². The third kappa shape index (κ3) is 8.27. The van der Waals surface area contributed by atoms with Gasteiger partial charge in [0, 0.05) is 56.4 Å². The first-order valence-corrected chi connectivity index (χ1v) is 14.1. The van der Waals surface area contributed by atoms with Crippen molar-refractivity contribution in [1.82, 2.24) is 29.4 Å². The number of nitrogens with one attached hydrogen (secondary N) is 2. The molecule has 1 fully saturated rings. The molecule has 0 radical (unpaired) electrons. The molecule has 1 saturated heterocycles. The maximum absolute atomic E-state index is 14.0. The van der Waals surface area contributed by atoms with E-state index >= 15 is 0 Å².